The number of benzene rings is 3. The van der Waals surface area contributed by atoms with Crippen LogP contribution in [0.25, 0.3) is 0 Å². The molecule has 2 atom stereocenters. The normalized spacial score (nSPS) is 19.9. The second-order valence-corrected chi connectivity index (χ2v) is 8.80. The van der Waals surface area contributed by atoms with Crippen molar-refractivity contribution in [1.82, 2.24) is 0 Å². The van der Waals surface area contributed by atoms with E-state index in [9.17, 15) is 4.79 Å². The lowest BCUT2D eigenvalue weighted by Crippen LogP contribution is -2.27. The Labute approximate surface area is 189 Å². The van der Waals surface area contributed by atoms with Crippen LogP contribution < -0.4 is 15.4 Å². The van der Waals surface area contributed by atoms with Gasteiger partial charge in [0.15, 0.2) is 5.78 Å². The monoisotopic (exact) mass is 424 g/mol. The van der Waals surface area contributed by atoms with E-state index in [1.807, 2.05) is 24.3 Å². The minimum absolute atomic E-state index is 0.143. The van der Waals surface area contributed by atoms with E-state index in [0.717, 1.165) is 40.4 Å². The highest BCUT2D eigenvalue weighted by molar-refractivity contribution is 6.01. The molecule has 3 aromatic carbocycles. The number of methoxy groups -OCH3 is 1. The van der Waals surface area contributed by atoms with E-state index >= 15 is 0 Å². The van der Waals surface area contributed by atoms with E-state index in [-0.39, 0.29) is 17.7 Å². The quantitative estimate of drug-likeness (QED) is 0.519. The van der Waals surface area contributed by atoms with E-state index in [4.69, 9.17) is 4.74 Å². The Hall–Kier alpha value is -3.53. The second kappa shape index (κ2) is 8.19. The third kappa shape index (κ3) is 3.66. The first-order valence-corrected chi connectivity index (χ1v) is 11.1. The summed E-state index contributed by atoms with van der Waals surface area (Å²) in [4.78, 5) is 13.7. The number of Topliss-reactive ketones (excluding diaryl/α,β-unsaturated/α-hetero) is 1. The Morgan fingerprint density at radius 1 is 0.906 bits per heavy atom. The fourth-order valence-corrected chi connectivity index (χ4v) is 4.91. The fourth-order valence-electron chi connectivity index (χ4n) is 4.91. The molecule has 1 aliphatic heterocycles. The first-order chi connectivity index (χ1) is 15.5. The zero-order chi connectivity index (χ0) is 22.2. The molecular weight excluding hydrogens is 396 g/mol. The molecule has 1 aliphatic carbocycles. The van der Waals surface area contributed by atoms with Crippen molar-refractivity contribution in [1.29, 1.82) is 0 Å². The van der Waals surface area contributed by atoms with Crippen molar-refractivity contribution in [3.8, 4) is 5.75 Å². The third-order valence-corrected chi connectivity index (χ3v) is 6.64. The molecule has 0 aromatic heterocycles. The lowest BCUT2D eigenvalue weighted by Gasteiger charge is -2.30. The summed E-state index contributed by atoms with van der Waals surface area (Å²) in [6.07, 6.45) is 1.30. The molecule has 2 N–H and O–H groups in total. The molecule has 0 saturated carbocycles. The van der Waals surface area contributed by atoms with Gasteiger partial charge < -0.3 is 15.4 Å². The average Bonchev–Trinajstić information content (AvgIpc) is 2.97. The molecular formula is C28H28N2O2. The Kier molecular flexibility index (Phi) is 5.22. The number of ketones is 1. The number of carbonyl (C=O) groups excluding carboxylic acids is 1. The Morgan fingerprint density at radius 2 is 1.66 bits per heavy atom. The summed E-state index contributed by atoms with van der Waals surface area (Å²) in [5, 5.41) is 7.30. The SMILES string of the molecule is COc1ccc([C@@H]2CC(=O)C3=C(C2)Nc2ccccc2N[C@H]3c2cc(C)ccc2C)cc1. The standard InChI is InChI=1S/C28H28N2O2/c1-17-8-9-18(2)22(14-17)28-27-25(29-23-6-4-5-7-24(23)30-28)15-20(16-26(27)31)19-10-12-21(32-3)13-11-19/h4-14,20,28-30H,15-16H2,1-3H3/t20-,28-/m0/s1. The van der Waals surface area contributed by atoms with Crippen molar-refractivity contribution < 1.29 is 9.53 Å². The molecule has 0 amide bonds. The van der Waals surface area contributed by atoms with Crippen LogP contribution in [0.3, 0.4) is 0 Å². The number of fused-ring (bicyclic) bond motifs is 1. The van der Waals surface area contributed by atoms with Crippen molar-refractivity contribution in [2.45, 2.75) is 38.6 Å². The molecule has 0 unspecified atom stereocenters. The maximum absolute atomic E-state index is 13.7. The topological polar surface area (TPSA) is 50.4 Å². The van der Waals surface area contributed by atoms with Crippen LogP contribution >= 0.6 is 0 Å². The van der Waals surface area contributed by atoms with E-state index in [1.54, 1.807) is 7.11 Å². The number of aryl methyl sites for hydroxylation is 2. The summed E-state index contributed by atoms with van der Waals surface area (Å²) in [7, 11) is 1.67. The zero-order valence-electron chi connectivity index (χ0n) is 18.7. The summed E-state index contributed by atoms with van der Waals surface area (Å²) in [5.41, 5.74) is 8.61. The predicted octanol–water partition coefficient (Wildman–Crippen LogP) is 6.29. The van der Waals surface area contributed by atoms with Gasteiger partial charge in [-0.3, -0.25) is 4.79 Å². The van der Waals surface area contributed by atoms with Gasteiger partial charge in [-0.25, -0.2) is 0 Å². The Bertz CT molecular complexity index is 1210. The van der Waals surface area contributed by atoms with Gasteiger partial charge in [0.05, 0.1) is 24.5 Å². The molecule has 4 heteroatoms. The first kappa shape index (κ1) is 20.4. The molecule has 4 nitrogen and oxygen atoms in total. The Balaban J connectivity index is 1.61. The summed E-state index contributed by atoms with van der Waals surface area (Å²) in [5.74, 6) is 1.17. The summed E-state index contributed by atoms with van der Waals surface area (Å²) in [6, 6.07) is 22.6. The number of hydrogen-bond acceptors (Lipinski definition) is 4. The second-order valence-electron chi connectivity index (χ2n) is 8.80. The molecule has 0 saturated heterocycles. The minimum atomic E-state index is -0.176. The van der Waals surface area contributed by atoms with Crippen molar-refractivity contribution in [3.63, 3.8) is 0 Å². The maximum Gasteiger partial charge on any atom is 0.163 e. The first-order valence-electron chi connectivity index (χ1n) is 11.1. The largest absolute Gasteiger partial charge is 0.497 e. The predicted molar refractivity (Wildman–Crippen MR) is 129 cm³/mol. The number of hydrogen-bond donors (Lipinski definition) is 2. The highest BCUT2D eigenvalue weighted by Crippen LogP contribution is 2.44. The molecule has 3 aromatic rings. The van der Waals surface area contributed by atoms with Crippen molar-refractivity contribution in [3.05, 3.63) is 100 Å². The van der Waals surface area contributed by atoms with E-state index in [0.29, 0.717) is 6.42 Å². The van der Waals surface area contributed by atoms with Gasteiger partial charge in [0, 0.05) is 17.7 Å². The number of anilines is 2. The van der Waals surface area contributed by atoms with Gasteiger partial charge in [0.1, 0.15) is 5.75 Å². The van der Waals surface area contributed by atoms with Gasteiger partial charge in [0.25, 0.3) is 0 Å². The maximum atomic E-state index is 13.7. The van der Waals surface area contributed by atoms with E-state index in [2.05, 4.69) is 66.9 Å². The zero-order valence-corrected chi connectivity index (χ0v) is 18.7. The number of carbonyl (C=O) groups is 1. The van der Waals surface area contributed by atoms with Gasteiger partial charge in [-0.05, 0) is 67.1 Å². The van der Waals surface area contributed by atoms with Crippen molar-refractivity contribution in [2.75, 3.05) is 17.7 Å². The lowest BCUT2D eigenvalue weighted by atomic mass is 9.78. The van der Waals surface area contributed by atoms with Gasteiger partial charge in [0.2, 0.25) is 0 Å². The molecule has 0 radical (unpaired) electrons. The number of rotatable bonds is 3. The van der Waals surface area contributed by atoms with Crippen LogP contribution in [0.1, 0.15) is 47.1 Å². The van der Waals surface area contributed by atoms with E-state index in [1.165, 1.54) is 16.7 Å². The molecule has 0 fully saturated rings. The lowest BCUT2D eigenvalue weighted by molar-refractivity contribution is -0.116. The number of allylic oxidation sites excluding steroid dienone is 1. The van der Waals surface area contributed by atoms with Gasteiger partial charge >= 0.3 is 0 Å². The summed E-state index contributed by atoms with van der Waals surface area (Å²) >= 11 is 0. The van der Waals surface area contributed by atoms with Crippen molar-refractivity contribution in [2.24, 2.45) is 0 Å². The fraction of sp³-hybridized carbons (Fsp3) is 0.250. The summed E-state index contributed by atoms with van der Waals surface area (Å²) < 4.78 is 5.31. The highest BCUT2D eigenvalue weighted by atomic mass is 16.5. The molecule has 0 bridgehead atoms. The number of para-hydroxylation sites is 2. The van der Waals surface area contributed by atoms with Crippen molar-refractivity contribution >= 4 is 17.2 Å². The summed E-state index contributed by atoms with van der Waals surface area (Å²) in [6.45, 7) is 4.22. The molecule has 2 aliphatic rings. The number of ether oxygens (including phenoxy) is 1. The van der Waals surface area contributed by atoms with Gasteiger partial charge in [-0.1, -0.05) is 48.0 Å². The molecule has 32 heavy (non-hydrogen) atoms. The van der Waals surface area contributed by atoms with Crippen LogP contribution in [-0.4, -0.2) is 12.9 Å². The Morgan fingerprint density at radius 3 is 2.41 bits per heavy atom. The average molecular weight is 425 g/mol. The molecule has 162 valence electrons. The van der Waals surface area contributed by atoms with Crippen LogP contribution in [0.15, 0.2) is 78.0 Å². The van der Waals surface area contributed by atoms with Crippen LogP contribution in [0.5, 0.6) is 5.75 Å². The molecule has 0 spiro atoms. The van der Waals surface area contributed by atoms with Crippen LogP contribution in [0.2, 0.25) is 0 Å². The van der Waals surface area contributed by atoms with Gasteiger partial charge in [-0.15, -0.1) is 0 Å². The molecule has 1 heterocycles. The number of nitrogens with one attached hydrogen (secondary N) is 2. The van der Waals surface area contributed by atoms with E-state index < -0.39 is 0 Å². The van der Waals surface area contributed by atoms with Crippen LogP contribution in [0.4, 0.5) is 11.4 Å². The third-order valence-electron chi connectivity index (χ3n) is 6.64. The smallest absolute Gasteiger partial charge is 0.163 e. The minimum Gasteiger partial charge on any atom is -0.497 e. The van der Waals surface area contributed by atoms with Gasteiger partial charge in [-0.2, -0.15) is 0 Å². The highest BCUT2D eigenvalue weighted by Gasteiger charge is 2.36. The van der Waals surface area contributed by atoms with Crippen LogP contribution in [-0.2, 0) is 4.79 Å². The molecule has 5 rings (SSSR count). The van der Waals surface area contributed by atoms with Crippen LogP contribution in [0, 0.1) is 13.8 Å².